The van der Waals surface area contributed by atoms with Gasteiger partial charge in [-0.3, -0.25) is 4.79 Å². The van der Waals surface area contributed by atoms with Crippen LogP contribution in [0.2, 0.25) is 0 Å². The number of carboxylic acids is 1. The molecule has 0 spiro atoms. The number of benzene rings is 4. The molecule has 4 nitrogen and oxygen atoms in total. The first-order valence-corrected chi connectivity index (χ1v) is 17.3. The molecule has 1 N–H and O–H groups in total. The average Bonchev–Trinajstić information content (AvgIpc) is 3.06. The molecule has 1 aliphatic rings. The smallest absolute Gasteiger partial charge is 0.307 e. The minimum Gasteiger partial charge on any atom is -0.481 e. The molecule has 0 aromatic heterocycles. The number of rotatable bonds is 13. The van der Waals surface area contributed by atoms with Gasteiger partial charge in [0.05, 0.1) is 31.0 Å². The van der Waals surface area contributed by atoms with Crippen LogP contribution < -0.4 is 0 Å². The predicted octanol–water partition coefficient (Wildman–Crippen LogP) is 9.76. The summed E-state index contributed by atoms with van der Waals surface area (Å²) < 4.78 is 13.7. The van der Waals surface area contributed by atoms with Gasteiger partial charge in [-0.15, -0.1) is 11.8 Å². The molecule has 4 aromatic carbocycles. The molecule has 1 aliphatic heterocycles. The second-order valence-corrected chi connectivity index (χ2v) is 13.8. The molecular weight excluding hydrogens is 589 g/mol. The second kappa shape index (κ2) is 16.3. The van der Waals surface area contributed by atoms with Crippen LogP contribution in [0.15, 0.2) is 103 Å². The number of carbonyl (C=O) groups is 1. The molecule has 1 heterocycles. The first-order chi connectivity index (χ1) is 22.3. The molecule has 5 heteroatoms. The van der Waals surface area contributed by atoms with E-state index in [1.54, 1.807) is 6.08 Å². The zero-order chi connectivity index (χ0) is 32.5. The second-order valence-electron chi connectivity index (χ2n) is 12.4. The van der Waals surface area contributed by atoms with Gasteiger partial charge in [0.25, 0.3) is 0 Å². The Morgan fingerprint density at radius 3 is 2.00 bits per heavy atom. The van der Waals surface area contributed by atoms with Crippen LogP contribution in [-0.4, -0.2) is 28.5 Å². The highest BCUT2D eigenvalue weighted by Crippen LogP contribution is 2.50. The van der Waals surface area contributed by atoms with Crippen LogP contribution in [0.4, 0.5) is 0 Å². The number of hydrogen-bond acceptors (Lipinski definition) is 4. The van der Waals surface area contributed by atoms with E-state index in [1.807, 2.05) is 18.2 Å². The van der Waals surface area contributed by atoms with Crippen molar-refractivity contribution in [3.8, 4) is 0 Å². The monoisotopic (exact) mass is 634 g/mol. The number of aliphatic carboxylic acids is 1. The summed E-state index contributed by atoms with van der Waals surface area (Å²) in [4.78, 5) is 10.9. The van der Waals surface area contributed by atoms with Gasteiger partial charge in [0, 0.05) is 5.25 Å². The predicted molar refractivity (Wildman–Crippen MR) is 190 cm³/mol. The lowest BCUT2D eigenvalue weighted by atomic mass is 9.87. The summed E-state index contributed by atoms with van der Waals surface area (Å²) >= 11 is 2.05. The van der Waals surface area contributed by atoms with Crippen molar-refractivity contribution in [1.29, 1.82) is 0 Å². The summed E-state index contributed by atoms with van der Waals surface area (Å²) in [5.41, 5.74) is 9.79. The van der Waals surface area contributed by atoms with E-state index >= 15 is 0 Å². The highest BCUT2D eigenvalue weighted by molar-refractivity contribution is 8.00. The van der Waals surface area contributed by atoms with Crippen molar-refractivity contribution < 1.29 is 19.4 Å². The van der Waals surface area contributed by atoms with Gasteiger partial charge in [-0.2, -0.15) is 0 Å². The molecule has 5 rings (SSSR count). The van der Waals surface area contributed by atoms with E-state index in [0.29, 0.717) is 24.4 Å². The Morgan fingerprint density at radius 1 is 0.804 bits per heavy atom. The maximum Gasteiger partial charge on any atom is 0.307 e. The van der Waals surface area contributed by atoms with Gasteiger partial charge in [0.1, 0.15) is 6.10 Å². The summed E-state index contributed by atoms with van der Waals surface area (Å²) in [6, 6.07) is 34.0. The number of hydrogen-bond donors (Lipinski definition) is 1. The molecule has 4 aromatic rings. The van der Waals surface area contributed by atoms with Crippen LogP contribution in [-0.2, 0) is 33.9 Å². The summed E-state index contributed by atoms with van der Waals surface area (Å²) in [5, 5.41) is 9.51. The lowest BCUT2D eigenvalue weighted by molar-refractivity contribution is -0.135. The van der Waals surface area contributed by atoms with Gasteiger partial charge < -0.3 is 14.6 Å². The Kier molecular flexibility index (Phi) is 11.9. The van der Waals surface area contributed by atoms with Crippen LogP contribution in [0.1, 0.15) is 76.4 Å². The summed E-state index contributed by atoms with van der Waals surface area (Å²) in [5.74, 6) is -0.486. The van der Waals surface area contributed by atoms with Crippen molar-refractivity contribution in [2.24, 2.45) is 5.92 Å². The Balaban J connectivity index is 1.45. The van der Waals surface area contributed by atoms with Crippen LogP contribution in [0.25, 0.3) is 6.08 Å². The quantitative estimate of drug-likeness (QED) is 0.159. The molecule has 0 saturated carbocycles. The van der Waals surface area contributed by atoms with Crippen LogP contribution in [0.3, 0.4) is 0 Å². The minimum absolute atomic E-state index is 0.0259. The fourth-order valence-electron chi connectivity index (χ4n) is 6.43. The standard InChI is InChI=1S/C41H46O4S/c1-5-37-30(4)39(44-26-33-13-8-6-9-14-33)40(45-27-34-15-10-7-11-16-34)41(46-37)36-25-35(28(2)23-29(36)3)24-32-21-19-31(20-22-32)17-12-18-38(42)43/h6-17,19-23,25,30,37,39-41H,5,18,24,26-27H2,1-4H3,(H,42,43)/b17-12+/t30-,37-,39+,40-,41+/m1/s1. The first kappa shape index (κ1) is 33.7. The summed E-state index contributed by atoms with van der Waals surface area (Å²) in [7, 11) is 0. The summed E-state index contributed by atoms with van der Waals surface area (Å²) in [6.07, 6.45) is 5.32. The third-order valence-electron chi connectivity index (χ3n) is 9.03. The molecular formula is C41H46O4S. The topological polar surface area (TPSA) is 55.8 Å². The number of carboxylic acid groups (broad SMARTS) is 1. The van der Waals surface area contributed by atoms with Crippen molar-refractivity contribution in [2.75, 3.05) is 0 Å². The van der Waals surface area contributed by atoms with Crippen LogP contribution in [0, 0.1) is 19.8 Å². The van der Waals surface area contributed by atoms with E-state index < -0.39 is 5.97 Å². The third-order valence-corrected chi connectivity index (χ3v) is 11.0. The fourth-order valence-corrected chi connectivity index (χ4v) is 8.19. The molecule has 240 valence electrons. The zero-order valence-electron chi connectivity index (χ0n) is 27.4. The highest BCUT2D eigenvalue weighted by atomic mass is 32.2. The largest absolute Gasteiger partial charge is 0.481 e. The van der Waals surface area contributed by atoms with Crippen molar-refractivity contribution >= 4 is 23.8 Å². The van der Waals surface area contributed by atoms with E-state index in [-0.39, 0.29) is 23.9 Å². The van der Waals surface area contributed by atoms with Gasteiger partial charge in [-0.25, -0.2) is 0 Å². The van der Waals surface area contributed by atoms with E-state index in [1.165, 1.54) is 38.9 Å². The normalized spacial score (nSPS) is 21.4. The molecule has 1 saturated heterocycles. The molecule has 1 fully saturated rings. The van der Waals surface area contributed by atoms with E-state index in [2.05, 4.69) is 124 Å². The molecule has 46 heavy (non-hydrogen) atoms. The lowest BCUT2D eigenvalue weighted by Gasteiger charge is -2.46. The van der Waals surface area contributed by atoms with E-state index in [0.717, 1.165) is 18.4 Å². The van der Waals surface area contributed by atoms with E-state index in [4.69, 9.17) is 14.6 Å². The minimum atomic E-state index is -0.823. The Hall–Kier alpha value is -3.64. The number of ether oxygens (including phenoxy) is 2. The van der Waals surface area contributed by atoms with Gasteiger partial charge in [0.15, 0.2) is 0 Å². The van der Waals surface area contributed by atoms with Crippen molar-refractivity contribution in [2.45, 2.75) is 82.9 Å². The van der Waals surface area contributed by atoms with Crippen molar-refractivity contribution in [3.05, 3.63) is 148 Å². The van der Waals surface area contributed by atoms with Crippen molar-refractivity contribution in [1.82, 2.24) is 0 Å². The molecule has 0 bridgehead atoms. The Morgan fingerprint density at radius 2 is 1.41 bits per heavy atom. The maximum absolute atomic E-state index is 10.9. The molecule has 0 amide bonds. The van der Waals surface area contributed by atoms with E-state index in [9.17, 15) is 4.79 Å². The van der Waals surface area contributed by atoms with Gasteiger partial charge in [-0.1, -0.05) is 123 Å². The SMILES string of the molecule is CC[C@H]1S[C@@H](c2cc(Cc3ccc(/C=C/CC(=O)O)cc3)c(C)cc2C)[C@H](OCc2ccccc2)[C@@H](OCc2ccccc2)[C@@H]1C. The average molecular weight is 635 g/mol. The van der Waals surface area contributed by atoms with Crippen LogP contribution >= 0.6 is 11.8 Å². The van der Waals surface area contributed by atoms with Gasteiger partial charge in [0.2, 0.25) is 0 Å². The first-order valence-electron chi connectivity index (χ1n) is 16.4. The molecule has 5 atom stereocenters. The summed E-state index contributed by atoms with van der Waals surface area (Å²) in [6.45, 7) is 10.2. The fraction of sp³-hybridized carbons (Fsp3) is 0.341. The van der Waals surface area contributed by atoms with Gasteiger partial charge in [-0.05, 0) is 77.1 Å². The Labute approximate surface area is 278 Å². The molecule has 0 radical (unpaired) electrons. The zero-order valence-corrected chi connectivity index (χ0v) is 28.2. The third kappa shape index (κ3) is 8.79. The highest BCUT2D eigenvalue weighted by Gasteiger charge is 2.45. The lowest BCUT2D eigenvalue weighted by Crippen LogP contribution is -2.48. The van der Waals surface area contributed by atoms with Gasteiger partial charge >= 0.3 is 5.97 Å². The Bertz CT molecular complexity index is 1580. The van der Waals surface area contributed by atoms with Crippen molar-refractivity contribution in [3.63, 3.8) is 0 Å². The maximum atomic E-state index is 10.9. The molecule has 0 unspecified atom stereocenters. The molecule has 0 aliphatic carbocycles. The van der Waals surface area contributed by atoms with Crippen LogP contribution in [0.5, 0.6) is 0 Å². The number of thioether (sulfide) groups is 1. The number of aryl methyl sites for hydroxylation is 2.